The van der Waals surface area contributed by atoms with Crippen LogP contribution >= 0.6 is 15.9 Å². The van der Waals surface area contributed by atoms with Crippen LogP contribution in [0.4, 0.5) is 0 Å². The fourth-order valence-corrected chi connectivity index (χ4v) is 3.68. The van der Waals surface area contributed by atoms with Crippen molar-refractivity contribution in [2.24, 2.45) is 0 Å². The lowest BCUT2D eigenvalue weighted by Crippen LogP contribution is -2.34. The molecule has 2 rings (SSSR count). The molecule has 0 aliphatic heterocycles. The molecule has 1 aliphatic rings. The van der Waals surface area contributed by atoms with E-state index >= 15 is 0 Å². The van der Waals surface area contributed by atoms with Crippen LogP contribution in [0.25, 0.3) is 0 Å². The second-order valence-electron chi connectivity index (χ2n) is 6.12. The highest BCUT2D eigenvalue weighted by atomic mass is 79.9. The van der Waals surface area contributed by atoms with Crippen LogP contribution in [0.3, 0.4) is 0 Å². The molecule has 0 amide bonds. The maximum Gasteiger partial charge on any atom is 0.117 e. The van der Waals surface area contributed by atoms with Gasteiger partial charge >= 0.3 is 0 Å². The van der Waals surface area contributed by atoms with Gasteiger partial charge in [-0.1, -0.05) is 43.6 Å². The lowest BCUT2D eigenvalue weighted by Gasteiger charge is -2.42. The molecule has 0 unspecified atom stereocenters. The Morgan fingerprint density at radius 3 is 2.25 bits per heavy atom. The quantitative estimate of drug-likeness (QED) is 0.743. The summed E-state index contributed by atoms with van der Waals surface area (Å²) in [7, 11) is 0. The molecule has 0 fully saturated rings. The number of hydrogen-bond donors (Lipinski definition) is 1. The van der Waals surface area contributed by atoms with Gasteiger partial charge in [0.2, 0.25) is 0 Å². The average molecular weight is 283 g/mol. The SMILES string of the molecule is CC1(C)CCC(C)(C)c2c(Br)cc(O)cc21. The van der Waals surface area contributed by atoms with E-state index in [-0.39, 0.29) is 10.8 Å². The largest absolute Gasteiger partial charge is 0.508 e. The van der Waals surface area contributed by atoms with Crippen LogP contribution in [0, 0.1) is 0 Å². The molecule has 0 saturated heterocycles. The first-order valence-corrected chi connectivity index (χ1v) is 6.57. The number of aromatic hydroxyl groups is 1. The summed E-state index contributed by atoms with van der Waals surface area (Å²) in [6, 6.07) is 3.74. The zero-order valence-corrected chi connectivity index (χ0v) is 12.0. The van der Waals surface area contributed by atoms with Gasteiger partial charge in [-0.05, 0) is 46.9 Å². The third kappa shape index (κ3) is 1.77. The van der Waals surface area contributed by atoms with E-state index in [1.165, 1.54) is 24.0 Å². The van der Waals surface area contributed by atoms with Gasteiger partial charge in [-0.25, -0.2) is 0 Å². The number of benzene rings is 1. The van der Waals surface area contributed by atoms with E-state index < -0.39 is 0 Å². The zero-order chi connectivity index (χ0) is 12.1. The van der Waals surface area contributed by atoms with E-state index in [1.807, 2.05) is 12.1 Å². The number of phenolic OH excluding ortho intramolecular Hbond substituents is 1. The van der Waals surface area contributed by atoms with Crippen molar-refractivity contribution in [2.45, 2.75) is 51.4 Å². The van der Waals surface area contributed by atoms with Crippen molar-refractivity contribution in [1.29, 1.82) is 0 Å². The van der Waals surface area contributed by atoms with Gasteiger partial charge in [0.15, 0.2) is 0 Å². The number of phenols is 1. The van der Waals surface area contributed by atoms with Gasteiger partial charge in [0, 0.05) is 4.47 Å². The molecule has 1 aliphatic carbocycles. The molecule has 1 aromatic carbocycles. The normalized spacial score (nSPS) is 21.6. The number of hydrogen-bond acceptors (Lipinski definition) is 1. The highest BCUT2D eigenvalue weighted by molar-refractivity contribution is 9.10. The summed E-state index contributed by atoms with van der Waals surface area (Å²) in [6.07, 6.45) is 2.36. The molecule has 1 N–H and O–H groups in total. The van der Waals surface area contributed by atoms with Crippen molar-refractivity contribution in [3.05, 3.63) is 27.7 Å². The molecule has 1 aromatic rings. The highest BCUT2D eigenvalue weighted by Gasteiger charge is 2.38. The van der Waals surface area contributed by atoms with Crippen molar-refractivity contribution in [2.75, 3.05) is 0 Å². The number of rotatable bonds is 0. The minimum atomic E-state index is 0.159. The maximum atomic E-state index is 9.74. The first-order valence-electron chi connectivity index (χ1n) is 5.77. The molecular formula is C14H19BrO. The Morgan fingerprint density at radius 2 is 1.62 bits per heavy atom. The van der Waals surface area contributed by atoms with E-state index in [2.05, 4.69) is 43.6 Å². The predicted octanol–water partition coefficient (Wildman–Crippen LogP) is 4.50. The minimum absolute atomic E-state index is 0.159. The second-order valence-corrected chi connectivity index (χ2v) is 6.97. The fraction of sp³-hybridized carbons (Fsp3) is 0.571. The molecule has 0 spiro atoms. The van der Waals surface area contributed by atoms with Gasteiger partial charge in [0.1, 0.15) is 5.75 Å². The van der Waals surface area contributed by atoms with Crippen LogP contribution in [0.1, 0.15) is 51.7 Å². The van der Waals surface area contributed by atoms with Crippen molar-refractivity contribution in [1.82, 2.24) is 0 Å². The first-order chi connectivity index (χ1) is 7.24. The van der Waals surface area contributed by atoms with Gasteiger partial charge < -0.3 is 5.11 Å². The summed E-state index contributed by atoms with van der Waals surface area (Å²) in [6.45, 7) is 9.08. The van der Waals surface area contributed by atoms with Crippen molar-refractivity contribution in [3.8, 4) is 5.75 Å². The van der Waals surface area contributed by atoms with Crippen LogP contribution in [-0.4, -0.2) is 5.11 Å². The third-order valence-corrected chi connectivity index (χ3v) is 4.48. The van der Waals surface area contributed by atoms with Crippen molar-refractivity contribution >= 4 is 15.9 Å². The standard InChI is InChI=1S/C14H19BrO/c1-13(2)5-6-14(3,4)12-10(13)7-9(16)8-11(12)15/h7-8,16H,5-6H2,1-4H3. The predicted molar refractivity (Wildman–Crippen MR) is 71.1 cm³/mol. The van der Waals surface area contributed by atoms with Crippen LogP contribution in [0.15, 0.2) is 16.6 Å². The summed E-state index contributed by atoms with van der Waals surface area (Å²) in [5.74, 6) is 0.358. The minimum Gasteiger partial charge on any atom is -0.508 e. The first kappa shape index (κ1) is 12.0. The molecule has 88 valence electrons. The molecule has 2 heteroatoms. The van der Waals surface area contributed by atoms with Crippen LogP contribution < -0.4 is 0 Å². The Kier molecular flexibility index (Phi) is 2.61. The number of fused-ring (bicyclic) bond motifs is 1. The zero-order valence-electron chi connectivity index (χ0n) is 10.4. The van der Waals surface area contributed by atoms with E-state index in [4.69, 9.17) is 0 Å². The van der Waals surface area contributed by atoms with Crippen molar-refractivity contribution < 1.29 is 5.11 Å². The monoisotopic (exact) mass is 282 g/mol. The molecular weight excluding hydrogens is 264 g/mol. The Balaban J connectivity index is 2.74. The molecule has 0 saturated carbocycles. The van der Waals surface area contributed by atoms with Gasteiger partial charge in [-0.2, -0.15) is 0 Å². The smallest absolute Gasteiger partial charge is 0.117 e. The fourth-order valence-electron chi connectivity index (χ4n) is 2.70. The highest BCUT2D eigenvalue weighted by Crippen LogP contribution is 2.49. The van der Waals surface area contributed by atoms with Crippen LogP contribution in [0.5, 0.6) is 5.75 Å². The molecule has 0 aromatic heterocycles. The molecule has 0 atom stereocenters. The summed E-state index contributed by atoms with van der Waals surface area (Å²) < 4.78 is 1.04. The van der Waals surface area contributed by atoms with E-state index in [9.17, 15) is 5.11 Å². The molecule has 1 nitrogen and oxygen atoms in total. The van der Waals surface area contributed by atoms with Gasteiger partial charge in [0.25, 0.3) is 0 Å². The molecule has 0 heterocycles. The molecule has 0 bridgehead atoms. The summed E-state index contributed by atoms with van der Waals surface area (Å²) in [5, 5.41) is 9.74. The Bertz CT molecular complexity index is 433. The van der Waals surface area contributed by atoms with Gasteiger partial charge in [-0.3, -0.25) is 0 Å². The maximum absolute atomic E-state index is 9.74. The number of halogens is 1. The topological polar surface area (TPSA) is 20.2 Å². The summed E-state index contributed by atoms with van der Waals surface area (Å²) in [4.78, 5) is 0. The Morgan fingerprint density at radius 1 is 1.06 bits per heavy atom. The Hall–Kier alpha value is -0.500. The van der Waals surface area contributed by atoms with Gasteiger partial charge in [0.05, 0.1) is 0 Å². The van der Waals surface area contributed by atoms with Crippen LogP contribution in [-0.2, 0) is 10.8 Å². The lowest BCUT2D eigenvalue weighted by molar-refractivity contribution is 0.328. The summed E-state index contributed by atoms with van der Waals surface area (Å²) >= 11 is 3.60. The van der Waals surface area contributed by atoms with Crippen molar-refractivity contribution in [3.63, 3.8) is 0 Å². The molecule has 0 radical (unpaired) electrons. The second kappa shape index (κ2) is 3.49. The van der Waals surface area contributed by atoms with E-state index in [0.717, 1.165) is 4.47 Å². The molecule has 16 heavy (non-hydrogen) atoms. The van der Waals surface area contributed by atoms with E-state index in [1.54, 1.807) is 0 Å². The summed E-state index contributed by atoms with van der Waals surface area (Å²) in [5.41, 5.74) is 3.00. The van der Waals surface area contributed by atoms with Crippen LogP contribution in [0.2, 0.25) is 0 Å². The average Bonchev–Trinajstić information content (AvgIpc) is 2.11. The Labute approximate surface area is 106 Å². The third-order valence-electron chi connectivity index (χ3n) is 3.86. The lowest BCUT2D eigenvalue weighted by atomic mass is 9.63. The van der Waals surface area contributed by atoms with Gasteiger partial charge in [-0.15, -0.1) is 0 Å². The van der Waals surface area contributed by atoms with E-state index in [0.29, 0.717) is 5.75 Å².